The molecule has 0 saturated carbocycles. The zero-order valence-electron chi connectivity index (χ0n) is 7.39. The van der Waals surface area contributed by atoms with Crippen molar-refractivity contribution in [2.75, 3.05) is 13.1 Å². The summed E-state index contributed by atoms with van der Waals surface area (Å²) in [6, 6.07) is 0. The van der Waals surface area contributed by atoms with Crippen LogP contribution in [0.5, 0.6) is 0 Å². The molecule has 1 N–H and O–H groups in total. The predicted octanol–water partition coefficient (Wildman–Crippen LogP) is 1.73. The zero-order chi connectivity index (χ0) is 9.26. The maximum absolute atomic E-state index is 10.7. The molecule has 70 valence electrons. The van der Waals surface area contributed by atoms with Crippen molar-refractivity contribution >= 4 is 6.09 Å². The number of fused-ring (bicyclic) bond motifs is 1. The molecule has 2 rings (SSSR count). The Balaban J connectivity index is 2.04. The van der Waals surface area contributed by atoms with E-state index in [9.17, 15) is 4.79 Å². The summed E-state index contributed by atoms with van der Waals surface area (Å²) in [5.41, 5.74) is 0. The van der Waals surface area contributed by atoms with E-state index >= 15 is 0 Å². The second-order valence-electron chi connectivity index (χ2n) is 3.61. The number of carbonyl (C=O) groups is 1. The van der Waals surface area contributed by atoms with Crippen LogP contribution in [0.25, 0.3) is 0 Å². The molecular weight excluding hydrogens is 166 g/mol. The third-order valence-corrected chi connectivity index (χ3v) is 2.81. The quantitative estimate of drug-likeness (QED) is 0.615. The van der Waals surface area contributed by atoms with Gasteiger partial charge in [0.2, 0.25) is 0 Å². The molecule has 0 spiro atoms. The fourth-order valence-corrected chi connectivity index (χ4v) is 2.03. The first-order valence-corrected chi connectivity index (χ1v) is 4.60. The first-order valence-electron chi connectivity index (χ1n) is 4.60. The standard InChI is InChI=1S/C10H13NO2/c12-10(13)11-6-5-8-3-1-2-4-9(8)7-11/h1-4,8-9H,5-7H2,(H,12,13). The number of rotatable bonds is 0. The Kier molecular flexibility index (Phi) is 2.08. The Morgan fingerprint density at radius 1 is 1.31 bits per heavy atom. The molecule has 2 unspecified atom stereocenters. The molecule has 0 bridgehead atoms. The lowest BCUT2D eigenvalue weighted by atomic mass is 9.83. The largest absolute Gasteiger partial charge is 0.465 e. The summed E-state index contributed by atoms with van der Waals surface area (Å²) in [6.07, 6.45) is 8.52. The van der Waals surface area contributed by atoms with E-state index in [-0.39, 0.29) is 0 Å². The Labute approximate surface area is 77.3 Å². The number of amides is 1. The highest BCUT2D eigenvalue weighted by atomic mass is 16.4. The van der Waals surface area contributed by atoms with Crippen LogP contribution in [0, 0.1) is 11.8 Å². The SMILES string of the molecule is O=C(O)N1CCC2C=CC=CC2C1. The Hall–Kier alpha value is -1.25. The van der Waals surface area contributed by atoms with Crippen molar-refractivity contribution in [2.45, 2.75) is 6.42 Å². The second-order valence-corrected chi connectivity index (χ2v) is 3.61. The van der Waals surface area contributed by atoms with Gasteiger partial charge in [-0.1, -0.05) is 24.3 Å². The van der Waals surface area contributed by atoms with Crippen LogP contribution >= 0.6 is 0 Å². The number of allylic oxidation sites excluding steroid dienone is 3. The van der Waals surface area contributed by atoms with Gasteiger partial charge in [0.15, 0.2) is 0 Å². The maximum atomic E-state index is 10.7. The van der Waals surface area contributed by atoms with E-state index in [0.29, 0.717) is 24.9 Å². The second kappa shape index (κ2) is 3.24. The van der Waals surface area contributed by atoms with E-state index in [4.69, 9.17) is 5.11 Å². The van der Waals surface area contributed by atoms with Crippen molar-refractivity contribution < 1.29 is 9.90 Å². The molecular formula is C10H13NO2. The molecule has 0 aromatic rings. The molecule has 3 nitrogen and oxygen atoms in total. The van der Waals surface area contributed by atoms with Crippen molar-refractivity contribution in [3.63, 3.8) is 0 Å². The number of carboxylic acid groups (broad SMARTS) is 1. The molecule has 2 aliphatic rings. The van der Waals surface area contributed by atoms with Crippen LogP contribution in [0.15, 0.2) is 24.3 Å². The van der Waals surface area contributed by atoms with Crippen molar-refractivity contribution in [3.05, 3.63) is 24.3 Å². The van der Waals surface area contributed by atoms with E-state index in [2.05, 4.69) is 18.2 Å². The fourth-order valence-electron chi connectivity index (χ4n) is 2.03. The zero-order valence-corrected chi connectivity index (χ0v) is 7.39. The minimum Gasteiger partial charge on any atom is -0.465 e. The Morgan fingerprint density at radius 3 is 2.69 bits per heavy atom. The highest BCUT2D eigenvalue weighted by molar-refractivity contribution is 5.65. The number of likely N-dealkylation sites (tertiary alicyclic amines) is 1. The lowest BCUT2D eigenvalue weighted by molar-refractivity contribution is 0.117. The van der Waals surface area contributed by atoms with Gasteiger partial charge >= 0.3 is 6.09 Å². The van der Waals surface area contributed by atoms with Gasteiger partial charge in [-0.05, 0) is 12.3 Å². The van der Waals surface area contributed by atoms with Crippen molar-refractivity contribution in [1.82, 2.24) is 4.90 Å². The van der Waals surface area contributed by atoms with Gasteiger partial charge in [0.1, 0.15) is 0 Å². The first kappa shape index (κ1) is 8.35. The molecule has 3 heteroatoms. The van der Waals surface area contributed by atoms with Crippen LogP contribution in [0.3, 0.4) is 0 Å². The van der Waals surface area contributed by atoms with Crippen molar-refractivity contribution in [3.8, 4) is 0 Å². The molecule has 1 amide bonds. The highest BCUT2D eigenvalue weighted by Crippen LogP contribution is 2.28. The van der Waals surface area contributed by atoms with E-state index in [1.54, 1.807) is 0 Å². The van der Waals surface area contributed by atoms with E-state index < -0.39 is 6.09 Å². The molecule has 13 heavy (non-hydrogen) atoms. The number of piperidine rings is 1. The summed E-state index contributed by atoms with van der Waals surface area (Å²) >= 11 is 0. The van der Waals surface area contributed by atoms with Gasteiger partial charge in [-0.2, -0.15) is 0 Å². The average Bonchev–Trinajstić information content (AvgIpc) is 2.17. The monoisotopic (exact) mass is 179 g/mol. The van der Waals surface area contributed by atoms with Gasteiger partial charge in [-0.3, -0.25) is 0 Å². The third-order valence-electron chi connectivity index (χ3n) is 2.81. The molecule has 1 aliphatic carbocycles. The smallest absolute Gasteiger partial charge is 0.407 e. The summed E-state index contributed by atoms with van der Waals surface area (Å²) in [7, 11) is 0. The fraction of sp³-hybridized carbons (Fsp3) is 0.500. The number of hydrogen-bond acceptors (Lipinski definition) is 1. The molecule has 0 aromatic carbocycles. The Bertz CT molecular complexity index is 270. The van der Waals surface area contributed by atoms with Crippen LogP contribution < -0.4 is 0 Å². The molecule has 0 radical (unpaired) electrons. The molecule has 1 heterocycles. The molecule has 0 aromatic heterocycles. The molecule has 2 atom stereocenters. The van der Waals surface area contributed by atoms with Crippen LogP contribution in [0.1, 0.15) is 6.42 Å². The van der Waals surface area contributed by atoms with E-state index in [1.807, 2.05) is 6.08 Å². The topological polar surface area (TPSA) is 40.5 Å². The molecule has 1 aliphatic heterocycles. The van der Waals surface area contributed by atoms with Gasteiger partial charge in [0.05, 0.1) is 0 Å². The van der Waals surface area contributed by atoms with Gasteiger partial charge in [0.25, 0.3) is 0 Å². The lowest BCUT2D eigenvalue weighted by Crippen LogP contribution is -2.42. The molecule has 1 fully saturated rings. The predicted molar refractivity (Wildman–Crippen MR) is 49.5 cm³/mol. The maximum Gasteiger partial charge on any atom is 0.407 e. The van der Waals surface area contributed by atoms with Crippen LogP contribution in [-0.2, 0) is 0 Å². The van der Waals surface area contributed by atoms with Crippen LogP contribution in [-0.4, -0.2) is 29.2 Å². The Morgan fingerprint density at radius 2 is 2.00 bits per heavy atom. The van der Waals surface area contributed by atoms with Crippen LogP contribution in [0.4, 0.5) is 4.79 Å². The van der Waals surface area contributed by atoms with Gasteiger partial charge in [-0.25, -0.2) is 4.79 Å². The van der Waals surface area contributed by atoms with Crippen molar-refractivity contribution in [2.24, 2.45) is 11.8 Å². The molecule has 1 saturated heterocycles. The van der Waals surface area contributed by atoms with Crippen molar-refractivity contribution in [1.29, 1.82) is 0 Å². The number of nitrogens with zero attached hydrogens (tertiary/aromatic N) is 1. The summed E-state index contributed by atoms with van der Waals surface area (Å²) in [5, 5.41) is 8.81. The van der Waals surface area contributed by atoms with E-state index in [0.717, 1.165) is 6.42 Å². The minimum atomic E-state index is -0.790. The lowest BCUT2D eigenvalue weighted by Gasteiger charge is -2.35. The number of hydrogen-bond donors (Lipinski definition) is 1. The van der Waals surface area contributed by atoms with E-state index in [1.165, 1.54) is 4.90 Å². The van der Waals surface area contributed by atoms with Gasteiger partial charge in [-0.15, -0.1) is 0 Å². The highest BCUT2D eigenvalue weighted by Gasteiger charge is 2.28. The first-order chi connectivity index (χ1) is 6.27. The van der Waals surface area contributed by atoms with Gasteiger partial charge in [0, 0.05) is 19.0 Å². The summed E-state index contributed by atoms with van der Waals surface area (Å²) in [5.74, 6) is 0.954. The third kappa shape index (κ3) is 1.59. The normalized spacial score (nSPS) is 31.5. The minimum absolute atomic E-state index is 0.398. The van der Waals surface area contributed by atoms with Crippen LogP contribution in [0.2, 0.25) is 0 Å². The average molecular weight is 179 g/mol. The summed E-state index contributed by atoms with van der Waals surface area (Å²) < 4.78 is 0. The summed E-state index contributed by atoms with van der Waals surface area (Å²) in [6.45, 7) is 1.33. The van der Waals surface area contributed by atoms with Gasteiger partial charge < -0.3 is 10.0 Å². The summed E-state index contributed by atoms with van der Waals surface area (Å²) in [4.78, 5) is 12.2.